The molecule has 0 aliphatic heterocycles. The van der Waals surface area contributed by atoms with Crippen molar-refractivity contribution in [3.63, 3.8) is 0 Å². The molecular formula is C14H20N2O4. The maximum absolute atomic E-state index is 11.6. The van der Waals surface area contributed by atoms with Gasteiger partial charge in [-0.25, -0.2) is 4.79 Å². The van der Waals surface area contributed by atoms with Crippen LogP contribution in [-0.2, 0) is 9.53 Å². The topological polar surface area (TPSA) is 87.7 Å². The van der Waals surface area contributed by atoms with Gasteiger partial charge in [0.1, 0.15) is 12.1 Å². The minimum Gasteiger partial charge on any atom is -0.480 e. The largest absolute Gasteiger partial charge is 0.480 e. The molecule has 1 rings (SSSR count). The Balaban J connectivity index is 2.74. The molecule has 0 aromatic heterocycles. The molecule has 0 bridgehead atoms. The summed E-state index contributed by atoms with van der Waals surface area (Å²) in [6.07, 6.45) is -0.550. The summed E-state index contributed by atoms with van der Waals surface area (Å²) in [6, 6.07) is 5.18. The van der Waals surface area contributed by atoms with E-state index in [0.29, 0.717) is 11.4 Å². The van der Waals surface area contributed by atoms with Gasteiger partial charge in [0.05, 0.1) is 0 Å². The van der Waals surface area contributed by atoms with E-state index < -0.39 is 17.7 Å². The average molecular weight is 280 g/mol. The monoisotopic (exact) mass is 280 g/mol. The van der Waals surface area contributed by atoms with Crippen LogP contribution in [0.15, 0.2) is 18.2 Å². The zero-order chi connectivity index (χ0) is 15.3. The van der Waals surface area contributed by atoms with Gasteiger partial charge in [-0.2, -0.15) is 0 Å². The number of carboxylic acids is 1. The van der Waals surface area contributed by atoms with Gasteiger partial charge >= 0.3 is 12.1 Å². The lowest BCUT2D eigenvalue weighted by atomic mass is 10.2. The highest BCUT2D eigenvalue weighted by molar-refractivity contribution is 5.86. The molecule has 1 aromatic carbocycles. The minimum atomic E-state index is -0.949. The van der Waals surface area contributed by atoms with Crippen LogP contribution in [0.25, 0.3) is 0 Å². The van der Waals surface area contributed by atoms with Crippen LogP contribution in [0.4, 0.5) is 16.2 Å². The van der Waals surface area contributed by atoms with Gasteiger partial charge in [0.15, 0.2) is 0 Å². The van der Waals surface area contributed by atoms with Crippen molar-refractivity contribution in [2.45, 2.75) is 33.3 Å². The molecule has 0 heterocycles. The Bertz CT molecular complexity index is 506. The Hall–Kier alpha value is -2.24. The SMILES string of the molecule is Cc1ccc(NC(=O)OC(C)(C)C)cc1NCC(=O)O. The summed E-state index contributed by atoms with van der Waals surface area (Å²) in [7, 11) is 0. The Morgan fingerprint density at radius 2 is 1.95 bits per heavy atom. The quantitative estimate of drug-likeness (QED) is 0.789. The Kier molecular flexibility index (Phi) is 4.96. The molecule has 0 unspecified atom stereocenters. The molecule has 3 N–H and O–H groups in total. The molecule has 0 aliphatic carbocycles. The number of carbonyl (C=O) groups excluding carboxylic acids is 1. The number of hydrogen-bond donors (Lipinski definition) is 3. The standard InChI is InChI=1S/C14H20N2O4/c1-9-5-6-10(7-11(9)15-8-12(17)18)16-13(19)20-14(2,3)4/h5-7,15H,8H2,1-4H3,(H,16,19)(H,17,18). The molecule has 110 valence electrons. The molecule has 0 fully saturated rings. The first kappa shape index (κ1) is 15.8. The number of aliphatic carboxylic acids is 1. The molecule has 0 atom stereocenters. The van der Waals surface area contributed by atoms with Crippen LogP contribution in [0.1, 0.15) is 26.3 Å². The number of rotatable bonds is 4. The number of nitrogens with one attached hydrogen (secondary N) is 2. The fraction of sp³-hybridized carbons (Fsp3) is 0.429. The lowest BCUT2D eigenvalue weighted by Gasteiger charge is -2.20. The second-order valence-electron chi connectivity index (χ2n) is 5.40. The highest BCUT2D eigenvalue weighted by Crippen LogP contribution is 2.20. The summed E-state index contributed by atoms with van der Waals surface area (Å²) in [5.41, 5.74) is 1.51. The lowest BCUT2D eigenvalue weighted by molar-refractivity contribution is -0.134. The minimum absolute atomic E-state index is 0.184. The number of anilines is 2. The van der Waals surface area contributed by atoms with Crippen molar-refractivity contribution in [1.82, 2.24) is 0 Å². The van der Waals surface area contributed by atoms with Gasteiger partial charge in [-0.15, -0.1) is 0 Å². The molecule has 6 nitrogen and oxygen atoms in total. The number of carbonyl (C=O) groups is 2. The number of hydrogen-bond acceptors (Lipinski definition) is 4. The van der Waals surface area contributed by atoms with Gasteiger partial charge in [-0.05, 0) is 45.4 Å². The summed E-state index contributed by atoms with van der Waals surface area (Å²) in [5.74, 6) is -0.949. The molecule has 0 spiro atoms. The average Bonchev–Trinajstić information content (AvgIpc) is 2.27. The van der Waals surface area contributed by atoms with E-state index in [-0.39, 0.29) is 6.54 Å². The number of benzene rings is 1. The summed E-state index contributed by atoms with van der Waals surface area (Å²) < 4.78 is 5.15. The first-order chi connectivity index (χ1) is 9.17. The molecule has 0 aliphatic rings. The maximum atomic E-state index is 11.6. The van der Waals surface area contributed by atoms with Gasteiger partial charge in [0.25, 0.3) is 0 Å². The van der Waals surface area contributed by atoms with E-state index in [2.05, 4.69) is 10.6 Å². The number of ether oxygens (including phenoxy) is 1. The molecule has 6 heteroatoms. The maximum Gasteiger partial charge on any atom is 0.412 e. The van der Waals surface area contributed by atoms with Crippen molar-refractivity contribution in [3.8, 4) is 0 Å². The highest BCUT2D eigenvalue weighted by Gasteiger charge is 2.16. The third kappa shape index (κ3) is 5.60. The lowest BCUT2D eigenvalue weighted by Crippen LogP contribution is -2.27. The molecule has 0 saturated heterocycles. The Morgan fingerprint density at radius 3 is 2.50 bits per heavy atom. The van der Waals surface area contributed by atoms with E-state index in [9.17, 15) is 9.59 Å². The first-order valence-electron chi connectivity index (χ1n) is 6.24. The van der Waals surface area contributed by atoms with Crippen molar-refractivity contribution >= 4 is 23.4 Å². The van der Waals surface area contributed by atoms with E-state index in [1.807, 2.05) is 6.92 Å². The molecule has 20 heavy (non-hydrogen) atoms. The summed E-state index contributed by atoms with van der Waals surface area (Å²) in [4.78, 5) is 22.2. The summed E-state index contributed by atoms with van der Waals surface area (Å²) in [5, 5.41) is 14.0. The van der Waals surface area contributed by atoms with Crippen molar-refractivity contribution in [3.05, 3.63) is 23.8 Å². The van der Waals surface area contributed by atoms with Crippen LogP contribution in [0.5, 0.6) is 0 Å². The van der Waals surface area contributed by atoms with E-state index >= 15 is 0 Å². The van der Waals surface area contributed by atoms with Crippen molar-refractivity contribution < 1.29 is 19.4 Å². The van der Waals surface area contributed by atoms with E-state index in [1.54, 1.807) is 39.0 Å². The molecule has 0 radical (unpaired) electrons. The van der Waals surface area contributed by atoms with Gasteiger partial charge < -0.3 is 15.2 Å². The predicted molar refractivity (Wildman–Crippen MR) is 77.2 cm³/mol. The zero-order valence-electron chi connectivity index (χ0n) is 12.1. The van der Waals surface area contributed by atoms with Crippen LogP contribution in [-0.4, -0.2) is 29.3 Å². The Morgan fingerprint density at radius 1 is 1.30 bits per heavy atom. The van der Waals surface area contributed by atoms with E-state index in [4.69, 9.17) is 9.84 Å². The molecule has 1 aromatic rings. The van der Waals surface area contributed by atoms with Gasteiger partial charge in [-0.3, -0.25) is 10.1 Å². The van der Waals surface area contributed by atoms with Crippen molar-refractivity contribution in [2.24, 2.45) is 0 Å². The van der Waals surface area contributed by atoms with Crippen LogP contribution >= 0.6 is 0 Å². The summed E-state index contributed by atoms with van der Waals surface area (Å²) in [6.45, 7) is 7.00. The van der Waals surface area contributed by atoms with Crippen LogP contribution < -0.4 is 10.6 Å². The fourth-order valence-electron chi connectivity index (χ4n) is 1.48. The van der Waals surface area contributed by atoms with Crippen molar-refractivity contribution in [2.75, 3.05) is 17.2 Å². The molecular weight excluding hydrogens is 260 g/mol. The second-order valence-corrected chi connectivity index (χ2v) is 5.40. The third-order valence-electron chi connectivity index (χ3n) is 2.31. The van der Waals surface area contributed by atoms with E-state index in [1.165, 1.54) is 0 Å². The van der Waals surface area contributed by atoms with Gasteiger partial charge in [-0.1, -0.05) is 6.07 Å². The number of aryl methyl sites for hydroxylation is 1. The first-order valence-corrected chi connectivity index (χ1v) is 6.24. The second kappa shape index (κ2) is 6.27. The fourth-order valence-corrected chi connectivity index (χ4v) is 1.48. The highest BCUT2D eigenvalue weighted by atomic mass is 16.6. The van der Waals surface area contributed by atoms with Crippen LogP contribution in [0.2, 0.25) is 0 Å². The molecule has 1 amide bonds. The van der Waals surface area contributed by atoms with Crippen molar-refractivity contribution in [1.29, 1.82) is 0 Å². The van der Waals surface area contributed by atoms with Gasteiger partial charge in [0, 0.05) is 11.4 Å². The van der Waals surface area contributed by atoms with Crippen LogP contribution in [0, 0.1) is 6.92 Å². The third-order valence-corrected chi connectivity index (χ3v) is 2.31. The summed E-state index contributed by atoms with van der Waals surface area (Å²) >= 11 is 0. The molecule has 0 saturated carbocycles. The van der Waals surface area contributed by atoms with E-state index in [0.717, 1.165) is 5.56 Å². The zero-order valence-corrected chi connectivity index (χ0v) is 12.1. The smallest absolute Gasteiger partial charge is 0.412 e. The number of carboxylic acid groups (broad SMARTS) is 1. The normalized spacial score (nSPS) is 10.8. The Labute approximate surface area is 118 Å². The predicted octanol–water partition coefficient (Wildman–Crippen LogP) is 2.84. The van der Waals surface area contributed by atoms with Crippen LogP contribution in [0.3, 0.4) is 0 Å². The van der Waals surface area contributed by atoms with Gasteiger partial charge in [0.2, 0.25) is 0 Å². The number of amides is 1.